The van der Waals surface area contributed by atoms with Gasteiger partial charge in [-0.2, -0.15) is 0 Å². The number of sulfone groups is 1. The van der Waals surface area contributed by atoms with Gasteiger partial charge in [-0.1, -0.05) is 32.4 Å². The van der Waals surface area contributed by atoms with Crippen molar-refractivity contribution in [1.82, 2.24) is 10.6 Å². The number of nitrogens with one attached hydrogen (secondary N) is 3. The van der Waals surface area contributed by atoms with E-state index in [-0.39, 0.29) is 23.1 Å². The number of carbonyl (C=O) groups excluding carboxylic acids is 2. The molecule has 0 bridgehead atoms. The Balaban J connectivity index is 2.01. The van der Waals surface area contributed by atoms with Crippen LogP contribution in [0.25, 0.3) is 0 Å². The fourth-order valence-electron chi connectivity index (χ4n) is 2.75. The van der Waals surface area contributed by atoms with E-state index in [1.807, 2.05) is 6.92 Å². The molecule has 1 heterocycles. The number of hydrogen-bond donors (Lipinski definition) is 3. The van der Waals surface area contributed by atoms with Crippen LogP contribution < -0.4 is 16.0 Å². The molecule has 1 aliphatic heterocycles. The Hall–Kier alpha value is -2.16. The molecule has 0 saturated carbocycles. The van der Waals surface area contributed by atoms with Gasteiger partial charge in [-0.05, 0) is 24.5 Å². The molecule has 0 radical (unpaired) electrons. The first-order valence-corrected chi connectivity index (χ1v) is 10.4. The topological polar surface area (TPSA) is 104 Å². The summed E-state index contributed by atoms with van der Waals surface area (Å²) in [6.07, 6.45) is 0.971. The van der Waals surface area contributed by atoms with Gasteiger partial charge in [-0.3, -0.25) is 4.79 Å². The number of para-hydroxylation sites is 1. The molecule has 1 aromatic rings. The van der Waals surface area contributed by atoms with E-state index in [9.17, 15) is 22.4 Å². The average molecular weight is 385 g/mol. The minimum absolute atomic E-state index is 0.0369. The van der Waals surface area contributed by atoms with E-state index in [0.717, 1.165) is 0 Å². The summed E-state index contributed by atoms with van der Waals surface area (Å²) in [7, 11) is -3.12. The van der Waals surface area contributed by atoms with E-state index < -0.39 is 39.7 Å². The smallest absolute Gasteiger partial charge is 0.315 e. The van der Waals surface area contributed by atoms with Crippen LogP contribution in [-0.2, 0) is 14.6 Å². The van der Waals surface area contributed by atoms with Crippen LogP contribution in [0.2, 0.25) is 0 Å². The van der Waals surface area contributed by atoms with Crippen LogP contribution in [0.15, 0.2) is 24.3 Å². The van der Waals surface area contributed by atoms with E-state index in [1.54, 1.807) is 13.0 Å². The Bertz CT molecular complexity index is 769. The molecular weight excluding hydrogens is 361 g/mol. The first-order chi connectivity index (χ1) is 12.2. The molecule has 3 N–H and O–H groups in total. The first kappa shape index (κ1) is 20.2. The van der Waals surface area contributed by atoms with Gasteiger partial charge in [-0.15, -0.1) is 0 Å². The van der Waals surface area contributed by atoms with Gasteiger partial charge in [0.15, 0.2) is 9.84 Å². The molecule has 26 heavy (non-hydrogen) atoms. The first-order valence-electron chi connectivity index (χ1n) is 8.54. The number of carbonyl (C=O) groups is 2. The van der Waals surface area contributed by atoms with Gasteiger partial charge in [0.25, 0.3) is 0 Å². The molecule has 1 fully saturated rings. The molecule has 0 aliphatic carbocycles. The highest BCUT2D eigenvalue weighted by Crippen LogP contribution is 2.16. The van der Waals surface area contributed by atoms with Gasteiger partial charge in [0, 0.05) is 6.04 Å². The fraction of sp³-hybridized carbons (Fsp3) is 0.529. The lowest BCUT2D eigenvalue weighted by molar-refractivity contribution is -0.119. The molecule has 1 aromatic carbocycles. The van der Waals surface area contributed by atoms with E-state index in [2.05, 4.69) is 16.0 Å². The van der Waals surface area contributed by atoms with Crippen molar-refractivity contribution in [3.8, 4) is 0 Å². The predicted octanol–water partition coefficient (Wildman–Crippen LogP) is 1.67. The maximum Gasteiger partial charge on any atom is 0.315 e. The van der Waals surface area contributed by atoms with Crippen LogP contribution in [0, 0.1) is 11.7 Å². The lowest BCUT2D eigenvalue weighted by atomic mass is 9.98. The average Bonchev–Trinajstić information content (AvgIpc) is 2.92. The normalized spacial score (nSPS) is 20.8. The van der Waals surface area contributed by atoms with Gasteiger partial charge >= 0.3 is 6.03 Å². The highest BCUT2D eigenvalue weighted by Gasteiger charge is 2.31. The van der Waals surface area contributed by atoms with Gasteiger partial charge in [0.2, 0.25) is 5.91 Å². The van der Waals surface area contributed by atoms with Crippen molar-refractivity contribution in [2.75, 3.05) is 16.8 Å². The highest BCUT2D eigenvalue weighted by atomic mass is 32.2. The van der Waals surface area contributed by atoms with Gasteiger partial charge in [0.05, 0.1) is 17.2 Å². The number of benzene rings is 1. The Morgan fingerprint density at radius 2 is 2.00 bits per heavy atom. The van der Waals surface area contributed by atoms with Crippen molar-refractivity contribution in [2.24, 2.45) is 5.92 Å². The molecule has 1 aliphatic rings. The van der Waals surface area contributed by atoms with Crippen LogP contribution in [0.3, 0.4) is 0 Å². The zero-order chi connectivity index (χ0) is 19.3. The molecule has 144 valence electrons. The van der Waals surface area contributed by atoms with E-state index >= 15 is 0 Å². The summed E-state index contributed by atoms with van der Waals surface area (Å²) in [4.78, 5) is 24.7. The maximum absolute atomic E-state index is 13.7. The maximum atomic E-state index is 13.7. The van der Waals surface area contributed by atoms with Crippen LogP contribution in [0.1, 0.15) is 26.7 Å². The molecule has 3 atom stereocenters. The molecule has 2 rings (SSSR count). The summed E-state index contributed by atoms with van der Waals surface area (Å²) in [5.41, 5.74) is 0.0369. The molecule has 9 heteroatoms. The predicted molar refractivity (Wildman–Crippen MR) is 97.0 cm³/mol. The third-order valence-electron chi connectivity index (χ3n) is 4.48. The van der Waals surface area contributed by atoms with Crippen LogP contribution >= 0.6 is 0 Å². The number of urea groups is 1. The minimum atomic E-state index is -3.12. The number of hydrogen-bond acceptors (Lipinski definition) is 4. The summed E-state index contributed by atoms with van der Waals surface area (Å²) >= 11 is 0. The fourth-order valence-corrected chi connectivity index (χ4v) is 4.43. The number of rotatable bonds is 6. The molecule has 0 spiro atoms. The van der Waals surface area contributed by atoms with E-state index in [0.29, 0.717) is 12.8 Å². The monoisotopic (exact) mass is 385 g/mol. The quantitative estimate of drug-likeness (QED) is 0.693. The van der Waals surface area contributed by atoms with E-state index in [4.69, 9.17) is 0 Å². The summed E-state index contributed by atoms with van der Waals surface area (Å²) in [5, 5.41) is 7.66. The summed E-state index contributed by atoms with van der Waals surface area (Å²) < 4.78 is 36.7. The number of anilines is 1. The van der Waals surface area contributed by atoms with Crippen LogP contribution in [0.4, 0.5) is 14.9 Å². The minimum Gasteiger partial charge on any atom is -0.334 e. The van der Waals surface area contributed by atoms with Crippen molar-refractivity contribution in [3.05, 3.63) is 30.1 Å². The number of amides is 3. The second-order valence-corrected chi connectivity index (χ2v) is 8.78. The van der Waals surface area contributed by atoms with Gasteiger partial charge < -0.3 is 16.0 Å². The molecule has 3 amide bonds. The van der Waals surface area contributed by atoms with Crippen molar-refractivity contribution in [2.45, 2.75) is 38.8 Å². The van der Waals surface area contributed by atoms with Crippen molar-refractivity contribution in [1.29, 1.82) is 0 Å². The summed E-state index contributed by atoms with van der Waals surface area (Å²) in [6, 6.07) is 3.82. The largest absolute Gasteiger partial charge is 0.334 e. The molecule has 0 aromatic heterocycles. The highest BCUT2D eigenvalue weighted by molar-refractivity contribution is 7.91. The zero-order valence-electron chi connectivity index (χ0n) is 14.8. The van der Waals surface area contributed by atoms with Crippen molar-refractivity contribution >= 4 is 27.5 Å². The Kier molecular flexibility index (Phi) is 6.57. The Labute approximate surface area is 152 Å². The molecule has 1 saturated heterocycles. The Morgan fingerprint density at radius 1 is 1.31 bits per heavy atom. The van der Waals surface area contributed by atoms with Gasteiger partial charge in [-0.25, -0.2) is 17.6 Å². The third kappa shape index (κ3) is 5.42. The summed E-state index contributed by atoms with van der Waals surface area (Å²) in [5.74, 6) is -1.35. The molecule has 7 nitrogen and oxygen atoms in total. The van der Waals surface area contributed by atoms with E-state index in [1.165, 1.54) is 18.2 Å². The zero-order valence-corrected chi connectivity index (χ0v) is 15.6. The van der Waals surface area contributed by atoms with Crippen LogP contribution in [-0.4, -0.2) is 43.9 Å². The second-order valence-electron chi connectivity index (χ2n) is 6.55. The second kappa shape index (κ2) is 8.48. The van der Waals surface area contributed by atoms with Crippen molar-refractivity contribution < 1.29 is 22.4 Å². The van der Waals surface area contributed by atoms with Crippen molar-refractivity contribution in [3.63, 3.8) is 0 Å². The third-order valence-corrected chi connectivity index (χ3v) is 6.25. The number of halogens is 1. The lowest BCUT2D eigenvalue weighted by Crippen LogP contribution is -2.53. The van der Waals surface area contributed by atoms with Gasteiger partial charge in [0.1, 0.15) is 11.9 Å². The Morgan fingerprint density at radius 3 is 2.58 bits per heavy atom. The standard InChI is InChI=1S/C17H24FN3O4S/c1-3-11(2)15(16(22)20-14-7-5-4-6-13(14)18)21-17(23)19-12-8-9-26(24,25)10-12/h4-7,11-12,15H,3,8-10H2,1-2H3,(H,20,22)(H2,19,21,23)/t11-,12+,15+/m1/s1. The molecule has 0 unspecified atom stereocenters. The van der Waals surface area contributed by atoms with Crippen LogP contribution in [0.5, 0.6) is 0 Å². The molecular formula is C17H24FN3O4S. The lowest BCUT2D eigenvalue weighted by Gasteiger charge is -2.24. The SMILES string of the molecule is CC[C@@H](C)[C@H](NC(=O)N[C@H]1CCS(=O)(=O)C1)C(=O)Nc1ccccc1F. The summed E-state index contributed by atoms with van der Waals surface area (Å²) in [6.45, 7) is 3.67.